The minimum atomic E-state index is -0.0708. The van der Waals surface area contributed by atoms with Crippen molar-refractivity contribution in [2.75, 3.05) is 14.2 Å². The van der Waals surface area contributed by atoms with Gasteiger partial charge in [0, 0.05) is 18.8 Å². The van der Waals surface area contributed by atoms with Gasteiger partial charge in [-0.1, -0.05) is 12.1 Å². The van der Waals surface area contributed by atoms with E-state index in [4.69, 9.17) is 9.47 Å². The Morgan fingerprint density at radius 2 is 1.85 bits per heavy atom. The number of rotatable bonds is 5. The zero-order valence-corrected chi connectivity index (χ0v) is 13.0. The lowest BCUT2D eigenvalue weighted by Gasteiger charge is -2.09. The van der Waals surface area contributed by atoms with Gasteiger partial charge in [0.05, 0.1) is 18.7 Å². The van der Waals surface area contributed by atoms with Crippen LogP contribution in [0.3, 0.4) is 0 Å². The summed E-state index contributed by atoms with van der Waals surface area (Å²) in [5, 5.41) is 0. The van der Waals surface area contributed by atoms with E-state index < -0.39 is 0 Å². The molecule has 0 saturated heterocycles. The number of nitrogens with zero attached hydrogens (tertiary/aromatic N) is 1. The molecule has 1 aromatic carbocycles. The molecule has 0 bridgehead atoms. The van der Waals surface area contributed by atoms with E-state index in [1.807, 2.05) is 24.3 Å². The fraction of sp³-hybridized carbons (Fsp3) is 0.267. The molecule has 0 unspecified atom stereocenters. The first-order valence-electron chi connectivity index (χ1n) is 6.21. The van der Waals surface area contributed by atoms with Crippen molar-refractivity contribution in [1.29, 1.82) is 0 Å². The van der Waals surface area contributed by atoms with Crippen LogP contribution >= 0.6 is 15.9 Å². The van der Waals surface area contributed by atoms with Crippen LogP contribution in [0.5, 0.6) is 11.5 Å². The van der Waals surface area contributed by atoms with E-state index >= 15 is 0 Å². The van der Waals surface area contributed by atoms with Crippen LogP contribution in [0.15, 0.2) is 45.8 Å². The van der Waals surface area contributed by atoms with Crippen molar-refractivity contribution in [3.63, 3.8) is 0 Å². The van der Waals surface area contributed by atoms with Gasteiger partial charge >= 0.3 is 0 Å². The summed E-state index contributed by atoms with van der Waals surface area (Å²) in [6.45, 7) is 0.619. The van der Waals surface area contributed by atoms with Crippen LogP contribution in [0.2, 0.25) is 0 Å². The molecular formula is C15H16BrNO3. The Bertz CT molecular complexity index is 635. The number of hydrogen-bond donors (Lipinski definition) is 0. The molecule has 1 heterocycles. The number of halogens is 1. The summed E-state index contributed by atoms with van der Waals surface area (Å²) in [6, 6.07) is 9.33. The van der Waals surface area contributed by atoms with Gasteiger partial charge in [-0.25, -0.2) is 0 Å². The normalized spacial score (nSPS) is 10.3. The topological polar surface area (TPSA) is 40.5 Å². The Balaban J connectivity index is 2.10. The average molecular weight is 338 g/mol. The molecule has 0 atom stereocenters. The minimum Gasteiger partial charge on any atom is -0.497 e. The lowest BCUT2D eigenvalue weighted by atomic mass is 10.1. The van der Waals surface area contributed by atoms with Crippen LogP contribution in [0, 0.1) is 0 Å². The molecule has 0 aliphatic rings. The molecule has 106 valence electrons. The predicted octanol–water partition coefficient (Wildman–Crippen LogP) is 2.87. The molecule has 0 fully saturated rings. The van der Waals surface area contributed by atoms with Crippen LogP contribution in [0.25, 0.3) is 0 Å². The first-order valence-corrected chi connectivity index (χ1v) is 7.00. The molecule has 20 heavy (non-hydrogen) atoms. The van der Waals surface area contributed by atoms with Gasteiger partial charge in [-0.15, -0.1) is 0 Å². The second-order valence-corrected chi connectivity index (χ2v) is 5.17. The summed E-state index contributed by atoms with van der Waals surface area (Å²) in [6.07, 6.45) is 2.54. The Hall–Kier alpha value is -1.75. The first kappa shape index (κ1) is 14.7. The van der Waals surface area contributed by atoms with Crippen molar-refractivity contribution in [3.8, 4) is 11.5 Å². The third kappa shape index (κ3) is 3.42. The van der Waals surface area contributed by atoms with Crippen LogP contribution in [0.1, 0.15) is 5.56 Å². The monoisotopic (exact) mass is 337 g/mol. The van der Waals surface area contributed by atoms with Crippen molar-refractivity contribution >= 4 is 15.9 Å². The number of hydrogen-bond acceptors (Lipinski definition) is 3. The summed E-state index contributed by atoms with van der Waals surface area (Å²) >= 11 is 3.39. The highest BCUT2D eigenvalue weighted by molar-refractivity contribution is 9.10. The van der Waals surface area contributed by atoms with Crippen LogP contribution < -0.4 is 15.0 Å². The SMILES string of the molecule is COc1ccc(CCn2cc(Br)c(OC)cc2=O)cc1. The smallest absolute Gasteiger partial charge is 0.254 e. The van der Waals surface area contributed by atoms with Crippen LogP contribution in [0.4, 0.5) is 0 Å². The number of ether oxygens (including phenoxy) is 2. The van der Waals surface area contributed by atoms with Crippen molar-refractivity contribution in [2.45, 2.75) is 13.0 Å². The van der Waals surface area contributed by atoms with Crippen molar-refractivity contribution < 1.29 is 9.47 Å². The number of aryl methyl sites for hydroxylation is 2. The molecule has 1 aromatic heterocycles. The Morgan fingerprint density at radius 1 is 1.15 bits per heavy atom. The molecular weight excluding hydrogens is 322 g/mol. The lowest BCUT2D eigenvalue weighted by molar-refractivity contribution is 0.409. The van der Waals surface area contributed by atoms with Crippen LogP contribution in [-0.2, 0) is 13.0 Å². The molecule has 2 aromatic rings. The molecule has 5 heteroatoms. The summed E-state index contributed by atoms with van der Waals surface area (Å²) in [7, 11) is 3.19. The largest absolute Gasteiger partial charge is 0.497 e. The standard InChI is InChI=1S/C15H16BrNO3/c1-19-12-5-3-11(4-6-12)7-8-17-10-13(16)14(20-2)9-15(17)18/h3-6,9-10H,7-8H2,1-2H3. The third-order valence-electron chi connectivity index (χ3n) is 3.06. The Labute approximate surface area is 126 Å². The molecule has 0 amide bonds. The Morgan fingerprint density at radius 3 is 2.45 bits per heavy atom. The molecule has 0 spiro atoms. The van der Waals surface area contributed by atoms with Crippen molar-refractivity contribution in [1.82, 2.24) is 4.57 Å². The van der Waals surface area contributed by atoms with Gasteiger partial charge in [-0.2, -0.15) is 0 Å². The molecule has 0 radical (unpaired) electrons. The highest BCUT2D eigenvalue weighted by Gasteiger charge is 2.05. The number of pyridine rings is 1. The molecule has 0 aliphatic carbocycles. The van der Waals surface area contributed by atoms with Gasteiger partial charge in [0.25, 0.3) is 5.56 Å². The molecule has 0 aliphatic heterocycles. The molecule has 0 saturated carbocycles. The van der Waals surface area contributed by atoms with E-state index in [0.29, 0.717) is 12.3 Å². The van der Waals surface area contributed by atoms with E-state index in [-0.39, 0.29) is 5.56 Å². The summed E-state index contributed by atoms with van der Waals surface area (Å²) in [4.78, 5) is 11.9. The molecule has 4 nitrogen and oxygen atoms in total. The fourth-order valence-corrected chi connectivity index (χ4v) is 2.42. The summed E-state index contributed by atoms with van der Waals surface area (Å²) < 4.78 is 12.6. The third-order valence-corrected chi connectivity index (χ3v) is 3.66. The van der Waals surface area contributed by atoms with Gasteiger partial charge in [0.2, 0.25) is 0 Å². The fourth-order valence-electron chi connectivity index (χ4n) is 1.90. The molecule has 0 N–H and O–H groups in total. The van der Waals surface area contributed by atoms with E-state index in [0.717, 1.165) is 22.2 Å². The van der Waals surface area contributed by atoms with Gasteiger partial charge < -0.3 is 14.0 Å². The lowest BCUT2D eigenvalue weighted by Crippen LogP contribution is -2.20. The highest BCUT2D eigenvalue weighted by Crippen LogP contribution is 2.21. The average Bonchev–Trinajstić information content (AvgIpc) is 2.48. The molecule has 2 rings (SSSR count). The van der Waals surface area contributed by atoms with Gasteiger partial charge in [-0.3, -0.25) is 4.79 Å². The number of benzene rings is 1. The van der Waals surface area contributed by atoms with E-state index in [9.17, 15) is 4.79 Å². The Kier molecular flexibility index (Phi) is 4.84. The highest BCUT2D eigenvalue weighted by atomic mass is 79.9. The maximum absolute atomic E-state index is 11.9. The minimum absolute atomic E-state index is 0.0708. The van der Waals surface area contributed by atoms with Crippen molar-refractivity contribution in [2.24, 2.45) is 0 Å². The van der Waals surface area contributed by atoms with Crippen LogP contribution in [-0.4, -0.2) is 18.8 Å². The maximum atomic E-state index is 11.9. The van der Waals surface area contributed by atoms with E-state index in [1.165, 1.54) is 6.07 Å². The zero-order chi connectivity index (χ0) is 14.5. The summed E-state index contributed by atoms with van der Waals surface area (Å²) in [5.74, 6) is 1.38. The van der Waals surface area contributed by atoms with E-state index in [1.54, 1.807) is 25.0 Å². The first-order chi connectivity index (χ1) is 9.63. The number of aromatic nitrogens is 1. The predicted molar refractivity (Wildman–Crippen MR) is 81.7 cm³/mol. The second-order valence-electron chi connectivity index (χ2n) is 4.32. The van der Waals surface area contributed by atoms with Gasteiger partial charge in [-0.05, 0) is 40.0 Å². The van der Waals surface area contributed by atoms with Crippen molar-refractivity contribution in [3.05, 3.63) is 56.9 Å². The van der Waals surface area contributed by atoms with E-state index in [2.05, 4.69) is 15.9 Å². The number of methoxy groups -OCH3 is 2. The zero-order valence-electron chi connectivity index (χ0n) is 11.4. The second kappa shape index (κ2) is 6.61. The van der Waals surface area contributed by atoms with Gasteiger partial charge in [0.15, 0.2) is 0 Å². The summed E-state index contributed by atoms with van der Waals surface area (Å²) in [5.41, 5.74) is 1.09. The quantitative estimate of drug-likeness (QED) is 0.842. The maximum Gasteiger partial charge on any atom is 0.254 e. The van der Waals surface area contributed by atoms with Gasteiger partial charge in [0.1, 0.15) is 11.5 Å².